The first-order valence-corrected chi connectivity index (χ1v) is 14.3. The van der Waals surface area contributed by atoms with Gasteiger partial charge in [-0.1, -0.05) is 59.7 Å². The zero-order chi connectivity index (χ0) is 26.1. The number of nitrogens with zero attached hydrogens (tertiary/aromatic N) is 2. The van der Waals surface area contributed by atoms with Crippen LogP contribution in [-0.4, -0.2) is 33.0 Å². The summed E-state index contributed by atoms with van der Waals surface area (Å²) in [5.74, 6) is 3.46. The molecule has 39 heavy (non-hydrogen) atoms. The van der Waals surface area contributed by atoms with Gasteiger partial charge in [-0.15, -0.1) is 0 Å². The van der Waals surface area contributed by atoms with Crippen molar-refractivity contribution in [2.45, 2.75) is 51.1 Å². The minimum absolute atomic E-state index is 0.176. The summed E-state index contributed by atoms with van der Waals surface area (Å²) < 4.78 is 0. The highest BCUT2D eigenvalue weighted by molar-refractivity contribution is 5.79. The lowest BCUT2D eigenvalue weighted by atomic mass is 9.73. The van der Waals surface area contributed by atoms with Gasteiger partial charge in [0.25, 0.3) is 0 Å². The number of rotatable bonds is 5. The summed E-state index contributed by atoms with van der Waals surface area (Å²) in [6.07, 6.45) is 12.3. The number of benzene rings is 2. The maximum absolute atomic E-state index is 4.76. The molecule has 2 aliphatic heterocycles. The summed E-state index contributed by atoms with van der Waals surface area (Å²) in [6.45, 7) is 6.19. The molecule has 2 aliphatic carbocycles. The van der Waals surface area contributed by atoms with E-state index in [9.17, 15) is 0 Å². The van der Waals surface area contributed by atoms with E-state index in [4.69, 9.17) is 4.98 Å². The third kappa shape index (κ3) is 3.85. The summed E-state index contributed by atoms with van der Waals surface area (Å²) in [5, 5.41) is 7.02. The Labute approximate surface area is 229 Å². The number of hydrogen-bond acceptors (Lipinski definition) is 4. The van der Waals surface area contributed by atoms with E-state index in [1.54, 1.807) is 5.56 Å². The Bertz CT molecular complexity index is 1630. The van der Waals surface area contributed by atoms with Gasteiger partial charge in [0.1, 0.15) is 11.6 Å². The van der Waals surface area contributed by atoms with Gasteiger partial charge in [-0.3, -0.25) is 0 Å². The SMILES string of the molecule is CC1=C[C@@H](c2ncc(-c3ccc(-c4ccc(-c5cnc([C@@H]6C=C(C)CN6)[nH]5)c5c4C4CCC4C5)cc3)[nH]2)NC1. The van der Waals surface area contributed by atoms with Crippen LogP contribution in [0.3, 0.4) is 0 Å². The molecule has 4 N–H and O–H groups in total. The van der Waals surface area contributed by atoms with Crippen molar-refractivity contribution < 1.29 is 0 Å². The number of fused-ring (bicyclic) bond motifs is 3. The summed E-state index contributed by atoms with van der Waals surface area (Å²) >= 11 is 0. The Morgan fingerprint density at radius 1 is 0.692 bits per heavy atom. The lowest BCUT2D eigenvalue weighted by Gasteiger charge is -2.31. The molecule has 0 amide bonds. The zero-order valence-electron chi connectivity index (χ0n) is 22.5. The van der Waals surface area contributed by atoms with Crippen LogP contribution in [0, 0.1) is 5.92 Å². The number of H-pyrrole nitrogens is 2. The second kappa shape index (κ2) is 8.90. The highest BCUT2D eigenvalue weighted by Crippen LogP contribution is 2.56. The maximum atomic E-state index is 4.76. The maximum Gasteiger partial charge on any atom is 0.127 e. The van der Waals surface area contributed by atoms with Gasteiger partial charge in [-0.2, -0.15) is 0 Å². The van der Waals surface area contributed by atoms with Gasteiger partial charge in [-0.05, 0) is 72.8 Å². The van der Waals surface area contributed by atoms with Crippen molar-refractivity contribution in [3.63, 3.8) is 0 Å². The Morgan fingerprint density at radius 2 is 1.31 bits per heavy atom. The third-order valence-corrected chi connectivity index (χ3v) is 9.29. The molecule has 1 saturated carbocycles. The summed E-state index contributed by atoms with van der Waals surface area (Å²) in [7, 11) is 0. The molecule has 4 aliphatic rings. The molecule has 0 radical (unpaired) electrons. The fraction of sp³-hybridized carbons (Fsp3) is 0.333. The van der Waals surface area contributed by atoms with Gasteiger partial charge in [0.05, 0.1) is 35.9 Å². The Morgan fingerprint density at radius 3 is 1.92 bits per heavy atom. The zero-order valence-corrected chi connectivity index (χ0v) is 22.5. The molecule has 0 saturated heterocycles. The van der Waals surface area contributed by atoms with Gasteiger partial charge in [-0.25, -0.2) is 9.97 Å². The molecule has 8 rings (SSSR count). The van der Waals surface area contributed by atoms with E-state index in [1.165, 1.54) is 58.2 Å². The quantitative estimate of drug-likeness (QED) is 0.234. The van der Waals surface area contributed by atoms with Crippen LogP contribution in [-0.2, 0) is 6.42 Å². The molecule has 4 aromatic rings. The standard InChI is InChI=1S/C33H34N6/c1-18-11-27(34-14-18)32-36-16-29(38-32)21-5-3-20(4-6-21)23-9-10-25(26-13-22-7-8-24(22)31(23)26)30-17-37-33(39-30)28-12-19(2)15-35-28/h3-6,9-12,16-17,22,24,27-28,34-35H,7-8,13-15H2,1-2H3,(H,36,38)(H,37,39)/t22?,24?,27-,28-/m0/s1. The average Bonchev–Trinajstić information content (AvgIpc) is 3.75. The molecule has 0 spiro atoms. The fourth-order valence-electron chi connectivity index (χ4n) is 7.07. The lowest BCUT2D eigenvalue weighted by molar-refractivity contribution is 0.281. The predicted molar refractivity (Wildman–Crippen MR) is 155 cm³/mol. The molecule has 4 heterocycles. The van der Waals surface area contributed by atoms with Crippen molar-refractivity contribution in [1.82, 2.24) is 30.6 Å². The van der Waals surface area contributed by atoms with E-state index in [0.29, 0.717) is 5.92 Å². The van der Waals surface area contributed by atoms with Gasteiger partial charge in [0.15, 0.2) is 0 Å². The van der Waals surface area contributed by atoms with Crippen LogP contribution < -0.4 is 10.6 Å². The number of imidazole rings is 2. The predicted octanol–water partition coefficient (Wildman–Crippen LogP) is 6.36. The number of hydrogen-bond donors (Lipinski definition) is 4. The molecule has 2 aromatic carbocycles. The smallest absolute Gasteiger partial charge is 0.127 e. The largest absolute Gasteiger partial charge is 0.340 e. The monoisotopic (exact) mass is 514 g/mol. The van der Waals surface area contributed by atoms with Crippen molar-refractivity contribution in [3.05, 3.63) is 94.9 Å². The molecule has 0 bridgehead atoms. The fourth-order valence-corrected chi connectivity index (χ4v) is 7.07. The molecule has 2 unspecified atom stereocenters. The highest BCUT2D eigenvalue weighted by Gasteiger charge is 2.42. The van der Waals surface area contributed by atoms with Crippen molar-refractivity contribution >= 4 is 0 Å². The number of nitrogens with one attached hydrogen (secondary N) is 4. The van der Waals surface area contributed by atoms with Gasteiger partial charge in [0.2, 0.25) is 0 Å². The second-order valence-electron chi connectivity index (χ2n) is 11.9. The second-order valence-corrected chi connectivity index (χ2v) is 11.9. The molecule has 1 fully saturated rings. The average molecular weight is 515 g/mol. The van der Waals surface area contributed by atoms with Crippen LogP contribution >= 0.6 is 0 Å². The molecule has 2 aromatic heterocycles. The van der Waals surface area contributed by atoms with Crippen LogP contribution in [0.5, 0.6) is 0 Å². The summed E-state index contributed by atoms with van der Waals surface area (Å²) in [6, 6.07) is 14.0. The van der Waals surface area contributed by atoms with Gasteiger partial charge in [0, 0.05) is 18.7 Å². The minimum Gasteiger partial charge on any atom is -0.340 e. The van der Waals surface area contributed by atoms with E-state index >= 15 is 0 Å². The first-order valence-electron chi connectivity index (χ1n) is 14.3. The first kappa shape index (κ1) is 23.2. The topological polar surface area (TPSA) is 81.4 Å². The van der Waals surface area contributed by atoms with Crippen LogP contribution in [0.1, 0.15) is 67.5 Å². The van der Waals surface area contributed by atoms with Crippen molar-refractivity contribution in [3.8, 4) is 33.6 Å². The molecular weight excluding hydrogens is 480 g/mol. The van der Waals surface area contributed by atoms with Gasteiger partial charge < -0.3 is 20.6 Å². The summed E-state index contributed by atoms with van der Waals surface area (Å²) in [4.78, 5) is 16.6. The highest BCUT2D eigenvalue weighted by atomic mass is 15.0. The molecule has 4 atom stereocenters. The van der Waals surface area contributed by atoms with E-state index in [0.717, 1.165) is 42.0 Å². The molecule has 6 nitrogen and oxygen atoms in total. The van der Waals surface area contributed by atoms with E-state index in [1.807, 2.05) is 12.4 Å². The first-order chi connectivity index (χ1) is 19.1. The molecular formula is C33H34N6. The van der Waals surface area contributed by atoms with Crippen LogP contribution in [0.25, 0.3) is 33.6 Å². The Kier molecular flexibility index (Phi) is 5.29. The molecule has 196 valence electrons. The Balaban J connectivity index is 1.11. The van der Waals surface area contributed by atoms with Crippen molar-refractivity contribution in [2.75, 3.05) is 13.1 Å². The minimum atomic E-state index is 0.176. The van der Waals surface area contributed by atoms with Crippen LogP contribution in [0.4, 0.5) is 0 Å². The van der Waals surface area contributed by atoms with E-state index in [-0.39, 0.29) is 12.1 Å². The lowest BCUT2D eigenvalue weighted by Crippen LogP contribution is -2.19. The van der Waals surface area contributed by atoms with Crippen molar-refractivity contribution in [1.29, 1.82) is 0 Å². The number of aromatic amines is 2. The Hall–Kier alpha value is -3.74. The third-order valence-electron chi connectivity index (χ3n) is 9.29. The number of aromatic nitrogens is 4. The normalized spacial score (nSPS) is 25.3. The van der Waals surface area contributed by atoms with Gasteiger partial charge >= 0.3 is 0 Å². The molecule has 6 heteroatoms. The van der Waals surface area contributed by atoms with Crippen LogP contribution in [0.2, 0.25) is 0 Å². The van der Waals surface area contributed by atoms with E-state index < -0.39 is 0 Å². The van der Waals surface area contributed by atoms with Crippen molar-refractivity contribution in [2.24, 2.45) is 5.92 Å². The van der Waals surface area contributed by atoms with E-state index in [2.05, 4.69) is 88.0 Å². The van der Waals surface area contributed by atoms with Crippen LogP contribution in [0.15, 0.2) is 72.1 Å². The summed E-state index contributed by atoms with van der Waals surface area (Å²) in [5.41, 5.74) is 13.2.